The van der Waals surface area contributed by atoms with Crippen LogP contribution in [0.2, 0.25) is 0 Å². The van der Waals surface area contributed by atoms with Crippen molar-refractivity contribution in [3.8, 4) is 5.69 Å². The minimum Gasteiger partial charge on any atom is -0.327 e. The number of hydrogen-bond acceptors (Lipinski definition) is 4. The van der Waals surface area contributed by atoms with Gasteiger partial charge in [0.2, 0.25) is 0 Å². The number of thioether (sulfide) groups is 1. The van der Waals surface area contributed by atoms with Gasteiger partial charge >= 0.3 is 6.03 Å². The molecule has 0 radical (unpaired) electrons. The van der Waals surface area contributed by atoms with Crippen molar-refractivity contribution in [1.82, 2.24) is 20.1 Å². The fourth-order valence-electron chi connectivity index (χ4n) is 4.23. The first kappa shape index (κ1) is 28.0. The van der Waals surface area contributed by atoms with E-state index >= 15 is 0 Å². The Bertz CT molecular complexity index is 1630. The zero-order chi connectivity index (χ0) is 28.8. The number of benzene rings is 4. The number of nitrogens with one attached hydrogen (secondary N) is 2. The molecular weight excluding hydrogens is 547 g/mol. The smallest absolute Gasteiger partial charge is 0.319 e. The van der Waals surface area contributed by atoms with Gasteiger partial charge in [-0.3, -0.25) is 4.57 Å². The molecule has 1 unspecified atom stereocenters. The Kier molecular flexibility index (Phi) is 8.69. The second-order valence-electron chi connectivity index (χ2n) is 9.39. The third-order valence-corrected chi connectivity index (χ3v) is 7.31. The fourth-order valence-corrected chi connectivity index (χ4v) is 5.14. The summed E-state index contributed by atoms with van der Waals surface area (Å²) in [7, 11) is 0. The Morgan fingerprint density at radius 2 is 1.56 bits per heavy atom. The summed E-state index contributed by atoms with van der Waals surface area (Å²) in [4.78, 5) is 13.1. The van der Waals surface area contributed by atoms with Crippen LogP contribution < -0.4 is 10.6 Å². The van der Waals surface area contributed by atoms with E-state index in [9.17, 15) is 18.0 Å². The number of halogens is 3. The Morgan fingerprint density at radius 1 is 0.854 bits per heavy atom. The molecule has 0 saturated heterocycles. The highest BCUT2D eigenvalue weighted by Crippen LogP contribution is 2.29. The summed E-state index contributed by atoms with van der Waals surface area (Å²) >= 11 is 1.43. The Morgan fingerprint density at radius 3 is 2.27 bits per heavy atom. The van der Waals surface area contributed by atoms with E-state index in [-0.39, 0.29) is 11.5 Å². The molecule has 5 aromatic rings. The number of aromatic nitrogens is 3. The largest absolute Gasteiger partial charge is 0.327 e. The maximum atomic E-state index is 14.3. The third-order valence-electron chi connectivity index (χ3n) is 6.31. The van der Waals surface area contributed by atoms with Crippen LogP contribution in [0.15, 0.2) is 102 Å². The quantitative estimate of drug-likeness (QED) is 0.180. The molecule has 0 saturated carbocycles. The fraction of sp³-hybridized carbons (Fsp3) is 0.129. The first-order valence-electron chi connectivity index (χ1n) is 12.8. The minimum absolute atomic E-state index is 0.155. The Hall–Kier alpha value is -4.57. The summed E-state index contributed by atoms with van der Waals surface area (Å²) in [5.74, 6) is -0.952. The zero-order valence-corrected chi connectivity index (χ0v) is 22.8. The normalized spacial score (nSPS) is 11.7. The maximum absolute atomic E-state index is 14.3. The minimum atomic E-state index is -0.887. The highest BCUT2D eigenvalue weighted by molar-refractivity contribution is 7.98. The number of anilines is 1. The topological polar surface area (TPSA) is 71.8 Å². The molecular formula is C31H26F3N5OS. The standard InChI is InChI=1S/C31H26F3N5OS/c1-20-7-14-25(15-8-20)39-29(37-38-31(39)41-19-22-9-11-23(32)12-10-22)28(17-21-5-3-2-4-6-21)36-30(40)35-27-16-13-24(33)18-26(27)34/h2-16,18,28H,17,19H2,1H3,(H2,35,36,40). The lowest BCUT2D eigenvalue weighted by Crippen LogP contribution is -2.35. The van der Waals surface area contributed by atoms with Crippen molar-refractivity contribution >= 4 is 23.5 Å². The van der Waals surface area contributed by atoms with Crippen molar-refractivity contribution in [2.45, 2.75) is 30.3 Å². The van der Waals surface area contributed by atoms with Gasteiger partial charge in [-0.05, 0) is 54.4 Å². The molecule has 0 aliphatic heterocycles. The summed E-state index contributed by atoms with van der Waals surface area (Å²) < 4.78 is 42.9. The van der Waals surface area contributed by atoms with E-state index in [4.69, 9.17) is 0 Å². The number of amides is 2. The van der Waals surface area contributed by atoms with Crippen LogP contribution in [0, 0.1) is 24.4 Å². The second-order valence-corrected chi connectivity index (χ2v) is 10.3. The molecule has 1 heterocycles. The van der Waals surface area contributed by atoms with E-state index in [1.165, 1.54) is 23.9 Å². The molecule has 2 N–H and O–H groups in total. The second kappa shape index (κ2) is 12.7. The van der Waals surface area contributed by atoms with Crippen LogP contribution in [0.5, 0.6) is 0 Å². The lowest BCUT2D eigenvalue weighted by atomic mass is 10.1. The first-order valence-corrected chi connectivity index (χ1v) is 13.8. The molecule has 2 amide bonds. The van der Waals surface area contributed by atoms with Gasteiger partial charge in [0.15, 0.2) is 11.0 Å². The summed E-state index contributed by atoms with van der Waals surface area (Å²) in [6.07, 6.45) is 0.368. The molecule has 0 aliphatic rings. The number of nitrogens with zero attached hydrogens (tertiary/aromatic N) is 3. The van der Waals surface area contributed by atoms with Crippen LogP contribution in [0.4, 0.5) is 23.7 Å². The van der Waals surface area contributed by atoms with Gasteiger partial charge in [-0.2, -0.15) is 0 Å². The van der Waals surface area contributed by atoms with E-state index in [2.05, 4.69) is 20.8 Å². The summed E-state index contributed by atoms with van der Waals surface area (Å²) in [5.41, 5.74) is 3.56. The van der Waals surface area contributed by atoms with Gasteiger partial charge < -0.3 is 10.6 Å². The molecule has 1 aromatic heterocycles. The van der Waals surface area contributed by atoms with E-state index in [0.717, 1.165) is 34.5 Å². The van der Waals surface area contributed by atoms with Crippen LogP contribution in [0.25, 0.3) is 5.69 Å². The molecule has 0 aliphatic carbocycles. The van der Waals surface area contributed by atoms with Crippen LogP contribution in [0.1, 0.15) is 28.6 Å². The highest BCUT2D eigenvalue weighted by atomic mass is 32.2. The first-order chi connectivity index (χ1) is 19.9. The number of rotatable bonds is 9. The van der Waals surface area contributed by atoms with E-state index in [0.29, 0.717) is 29.2 Å². The molecule has 0 bridgehead atoms. The number of hydrogen-bond donors (Lipinski definition) is 2. The van der Waals surface area contributed by atoms with Gasteiger partial charge in [-0.25, -0.2) is 18.0 Å². The number of urea groups is 1. The zero-order valence-electron chi connectivity index (χ0n) is 22.0. The van der Waals surface area contributed by atoms with E-state index < -0.39 is 23.7 Å². The van der Waals surface area contributed by atoms with Crippen molar-refractivity contribution in [2.75, 3.05) is 5.32 Å². The molecule has 5 rings (SSSR count). The summed E-state index contributed by atoms with van der Waals surface area (Å²) in [6.45, 7) is 1.99. The van der Waals surface area contributed by atoms with Crippen LogP contribution in [0.3, 0.4) is 0 Å². The Labute approximate surface area is 239 Å². The lowest BCUT2D eigenvalue weighted by Gasteiger charge is -2.21. The molecule has 4 aromatic carbocycles. The van der Waals surface area contributed by atoms with E-state index in [1.807, 2.05) is 66.1 Å². The van der Waals surface area contributed by atoms with Crippen molar-refractivity contribution in [2.24, 2.45) is 0 Å². The molecule has 10 heteroatoms. The summed E-state index contributed by atoms with van der Waals surface area (Å²) in [6, 6.07) is 25.2. The summed E-state index contributed by atoms with van der Waals surface area (Å²) in [5, 5.41) is 14.9. The van der Waals surface area contributed by atoms with Gasteiger partial charge in [0.1, 0.15) is 17.5 Å². The SMILES string of the molecule is Cc1ccc(-n2c(SCc3ccc(F)cc3)nnc2C(Cc2ccccc2)NC(=O)Nc2ccc(F)cc2F)cc1. The van der Waals surface area contributed by atoms with Crippen LogP contribution in [-0.4, -0.2) is 20.8 Å². The maximum Gasteiger partial charge on any atom is 0.319 e. The Balaban J connectivity index is 1.49. The molecule has 1 atom stereocenters. The third kappa shape index (κ3) is 7.15. The lowest BCUT2D eigenvalue weighted by molar-refractivity contribution is 0.247. The molecule has 0 spiro atoms. The molecule has 208 valence electrons. The van der Waals surface area contributed by atoms with Crippen molar-refractivity contribution in [3.05, 3.63) is 137 Å². The highest BCUT2D eigenvalue weighted by Gasteiger charge is 2.25. The van der Waals surface area contributed by atoms with Gasteiger partial charge in [0.25, 0.3) is 0 Å². The molecule has 6 nitrogen and oxygen atoms in total. The van der Waals surface area contributed by atoms with Gasteiger partial charge in [0, 0.05) is 23.9 Å². The van der Waals surface area contributed by atoms with Crippen molar-refractivity contribution < 1.29 is 18.0 Å². The predicted molar refractivity (Wildman–Crippen MR) is 153 cm³/mol. The van der Waals surface area contributed by atoms with Gasteiger partial charge in [-0.15, -0.1) is 10.2 Å². The van der Waals surface area contributed by atoms with Crippen LogP contribution >= 0.6 is 11.8 Å². The molecule has 0 fully saturated rings. The van der Waals surface area contributed by atoms with E-state index in [1.54, 1.807) is 12.1 Å². The monoisotopic (exact) mass is 573 g/mol. The average molecular weight is 574 g/mol. The number of carbonyl (C=O) groups excluding carboxylic acids is 1. The molecule has 41 heavy (non-hydrogen) atoms. The van der Waals surface area contributed by atoms with Crippen LogP contribution in [-0.2, 0) is 12.2 Å². The number of carbonyl (C=O) groups is 1. The van der Waals surface area contributed by atoms with Gasteiger partial charge in [0.05, 0.1) is 11.7 Å². The number of aryl methyl sites for hydroxylation is 1. The average Bonchev–Trinajstić information content (AvgIpc) is 3.39. The van der Waals surface area contributed by atoms with Crippen molar-refractivity contribution in [1.29, 1.82) is 0 Å². The van der Waals surface area contributed by atoms with Gasteiger partial charge in [-0.1, -0.05) is 71.9 Å². The van der Waals surface area contributed by atoms with Crippen molar-refractivity contribution in [3.63, 3.8) is 0 Å². The predicted octanol–water partition coefficient (Wildman–Crippen LogP) is 7.39.